The quantitative estimate of drug-likeness (QED) is 0.302. The summed E-state index contributed by atoms with van der Waals surface area (Å²) in [6.45, 7) is 7.95. The summed E-state index contributed by atoms with van der Waals surface area (Å²) in [5.74, 6) is 0.549. The van der Waals surface area contributed by atoms with Gasteiger partial charge in [0.1, 0.15) is 11.9 Å². The second-order valence-electron chi connectivity index (χ2n) is 9.60. The van der Waals surface area contributed by atoms with Crippen LogP contribution in [0.1, 0.15) is 64.4 Å². The van der Waals surface area contributed by atoms with Gasteiger partial charge in [-0.2, -0.15) is 10.2 Å². The number of halogens is 1. The van der Waals surface area contributed by atoms with Crippen LogP contribution in [0.25, 0.3) is 11.4 Å². The lowest BCUT2D eigenvalue weighted by molar-refractivity contribution is 0.0989. The van der Waals surface area contributed by atoms with Crippen molar-refractivity contribution in [2.75, 3.05) is 19.1 Å². The highest BCUT2D eigenvalue weighted by Crippen LogP contribution is 2.47. The van der Waals surface area contributed by atoms with Crippen LogP contribution in [0.15, 0.2) is 42.6 Å². The van der Waals surface area contributed by atoms with E-state index in [2.05, 4.69) is 16.0 Å². The zero-order valence-electron chi connectivity index (χ0n) is 22.5. The SMILES string of the molecule is COc1ncc(-c2nc3c(n2C(C)C)C(c2ccc(C#N)cc2C)N(c2cc(Cl)ccc2C)C3=O)c(OC)n1. The Balaban J connectivity index is 1.82. The van der Waals surface area contributed by atoms with Crippen molar-refractivity contribution in [2.45, 2.75) is 39.8 Å². The Hall–Kier alpha value is -4.42. The minimum Gasteiger partial charge on any atom is -0.480 e. The van der Waals surface area contributed by atoms with Crippen molar-refractivity contribution in [1.29, 1.82) is 5.26 Å². The maximum absolute atomic E-state index is 14.2. The molecule has 9 nitrogen and oxygen atoms in total. The van der Waals surface area contributed by atoms with E-state index >= 15 is 0 Å². The number of aryl methyl sites for hydroxylation is 2. The maximum atomic E-state index is 14.2. The van der Waals surface area contributed by atoms with Gasteiger partial charge < -0.3 is 14.0 Å². The van der Waals surface area contributed by atoms with E-state index in [9.17, 15) is 10.1 Å². The number of ether oxygens (including phenoxy) is 2. The number of carbonyl (C=O) groups is 1. The number of hydrogen-bond acceptors (Lipinski definition) is 7. The molecule has 0 aliphatic carbocycles. The zero-order chi connectivity index (χ0) is 28.0. The van der Waals surface area contributed by atoms with Gasteiger partial charge in [0, 0.05) is 22.9 Å². The van der Waals surface area contributed by atoms with Gasteiger partial charge in [-0.05, 0) is 68.7 Å². The fourth-order valence-electron chi connectivity index (χ4n) is 5.12. The van der Waals surface area contributed by atoms with E-state index in [1.165, 1.54) is 14.2 Å². The molecule has 1 unspecified atom stereocenters. The van der Waals surface area contributed by atoms with Gasteiger partial charge in [0.05, 0.1) is 37.1 Å². The van der Waals surface area contributed by atoms with Crippen LogP contribution in [0.3, 0.4) is 0 Å². The topological polar surface area (TPSA) is 106 Å². The zero-order valence-corrected chi connectivity index (χ0v) is 23.2. The molecule has 198 valence electrons. The smallest absolute Gasteiger partial charge is 0.319 e. The third kappa shape index (κ3) is 4.27. The number of nitriles is 1. The molecule has 39 heavy (non-hydrogen) atoms. The molecule has 3 heterocycles. The van der Waals surface area contributed by atoms with Gasteiger partial charge in [-0.25, -0.2) is 9.97 Å². The van der Waals surface area contributed by atoms with Gasteiger partial charge in [-0.3, -0.25) is 9.69 Å². The van der Waals surface area contributed by atoms with Crippen molar-refractivity contribution in [3.63, 3.8) is 0 Å². The molecule has 0 radical (unpaired) electrons. The summed E-state index contributed by atoms with van der Waals surface area (Å²) in [6, 6.07) is 12.8. The average Bonchev–Trinajstić information content (AvgIpc) is 3.44. The van der Waals surface area contributed by atoms with E-state index in [1.807, 2.05) is 50.5 Å². The lowest BCUT2D eigenvalue weighted by atomic mass is 9.96. The van der Waals surface area contributed by atoms with Gasteiger partial charge >= 0.3 is 6.01 Å². The monoisotopic (exact) mass is 542 g/mol. The Morgan fingerprint density at radius 3 is 2.46 bits per heavy atom. The number of rotatable bonds is 6. The third-order valence-corrected chi connectivity index (χ3v) is 7.11. The number of benzene rings is 2. The Bertz CT molecular complexity index is 1660. The fraction of sp³-hybridized carbons (Fsp3) is 0.276. The van der Waals surface area contributed by atoms with Crippen LogP contribution in [0.5, 0.6) is 11.9 Å². The molecular formula is C29H27ClN6O3. The molecule has 1 atom stereocenters. The highest BCUT2D eigenvalue weighted by molar-refractivity contribution is 6.31. The number of hydrogen-bond donors (Lipinski definition) is 0. The lowest BCUT2D eigenvalue weighted by Gasteiger charge is -2.30. The Morgan fingerprint density at radius 2 is 1.82 bits per heavy atom. The van der Waals surface area contributed by atoms with Crippen LogP contribution in [-0.4, -0.2) is 39.6 Å². The normalized spacial score (nSPS) is 14.5. The van der Waals surface area contributed by atoms with Gasteiger partial charge in [0.15, 0.2) is 5.69 Å². The predicted octanol–water partition coefficient (Wildman–Crippen LogP) is 5.83. The lowest BCUT2D eigenvalue weighted by Crippen LogP contribution is -2.31. The highest BCUT2D eigenvalue weighted by Gasteiger charge is 2.46. The van der Waals surface area contributed by atoms with Crippen LogP contribution in [0.2, 0.25) is 5.02 Å². The van der Waals surface area contributed by atoms with E-state index in [0.29, 0.717) is 33.4 Å². The van der Waals surface area contributed by atoms with Gasteiger partial charge in [0.25, 0.3) is 5.91 Å². The third-order valence-electron chi connectivity index (χ3n) is 6.88. The first-order valence-electron chi connectivity index (χ1n) is 12.4. The molecule has 0 saturated heterocycles. The molecule has 5 rings (SSSR count). The summed E-state index contributed by atoms with van der Waals surface area (Å²) in [5, 5.41) is 10.00. The second kappa shape index (κ2) is 10.0. The van der Waals surface area contributed by atoms with Crippen molar-refractivity contribution in [2.24, 2.45) is 0 Å². The number of carbonyl (C=O) groups excluding carboxylic acids is 1. The van der Waals surface area contributed by atoms with Crippen LogP contribution in [0.4, 0.5) is 5.69 Å². The number of aromatic nitrogens is 4. The first-order valence-corrected chi connectivity index (χ1v) is 12.8. The van der Waals surface area contributed by atoms with E-state index in [1.54, 1.807) is 29.3 Å². The molecule has 4 aromatic rings. The molecule has 0 fully saturated rings. The second-order valence-corrected chi connectivity index (χ2v) is 10.0. The molecule has 0 bridgehead atoms. The Labute approximate surface area is 231 Å². The summed E-state index contributed by atoms with van der Waals surface area (Å²) in [6.07, 6.45) is 1.59. The van der Waals surface area contributed by atoms with Crippen LogP contribution >= 0.6 is 11.6 Å². The summed E-state index contributed by atoms with van der Waals surface area (Å²) in [7, 11) is 2.99. The van der Waals surface area contributed by atoms with E-state index in [-0.39, 0.29) is 23.8 Å². The number of amides is 1. The molecule has 0 spiro atoms. The average molecular weight is 543 g/mol. The molecular weight excluding hydrogens is 516 g/mol. The Morgan fingerprint density at radius 1 is 1.05 bits per heavy atom. The summed E-state index contributed by atoms with van der Waals surface area (Å²) < 4.78 is 12.8. The predicted molar refractivity (Wildman–Crippen MR) is 147 cm³/mol. The van der Waals surface area contributed by atoms with Gasteiger partial charge in [-0.15, -0.1) is 0 Å². The standard InChI is InChI=1S/C29H27ClN6O3/c1-15(2)35-25-23(33-26(35)21-14-32-29(39-6)34-27(21)38-5)28(37)36(22-12-19(30)9-7-16(22)3)24(25)20-10-8-18(13-31)11-17(20)4/h7-12,14-15,24H,1-6H3. The highest BCUT2D eigenvalue weighted by atomic mass is 35.5. The molecule has 10 heteroatoms. The number of anilines is 1. The molecule has 0 N–H and O–H groups in total. The van der Waals surface area contributed by atoms with E-state index < -0.39 is 6.04 Å². The molecule has 0 saturated carbocycles. The summed E-state index contributed by atoms with van der Waals surface area (Å²) >= 11 is 6.40. The molecule has 1 aliphatic rings. The summed E-state index contributed by atoms with van der Waals surface area (Å²) in [4.78, 5) is 29.5. The van der Waals surface area contributed by atoms with Crippen LogP contribution in [-0.2, 0) is 0 Å². The molecule has 1 amide bonds. The van der Waals surface area contributed by atoms with Crippen molar-refractivity contribution in [1.82, 2.24) is 19.5 Å². The van der Waals surface area contributed by atoms with Crippen molar-refractivity contribution < 1.29 is 14.3 Å². The minimum atomic E-state index is -0.522. The van der Waals surface area contributed by atoms with Gasteiger partial charge in [-0.1, -0.05) is 23.7 Å². The maximum Gasteiger partial charge on any atom is 0.319 e. The fourth-order valence-corrected chi connectivity index (χ4v) is 5.28. The number of nitrogens with zero attached hydrogens (tertiary/aromatic N) is 6. The van der Waals surface area contributed by atoms with Crippen LogP contribution < -0.4 is 14.4 Å². The largest absolute Gasteiger partial charge is 0.480 e. The minimum absolute atomic E-state index is 0.0857. The van der Waals surface area contributed by atoms with Crippen molar-refractivity contribution >= 4 is 23.2 Å². The molecule has 2 aromatic heterocycles. The first-order chi connectivity index (χ1) is 18.7. The van der Waals surface area contributed by atoms with Crippen LogP contribution in [0, 0.1) is 25.2 Å². The van der Waals surface area contributed by atoms with Crippen molar-refractivity contribution in [3.05, 3.63) is 81.3 Å². The van der Waals surface area contributed by atoms with Crippen molar-refractivity contribution in [3.8, 4) is 29.3 Å². The number of imidazole rings is 1. The summed E-state index contributed by atoms with van der Waals surface area (Å²) in [5.41, 5.74) is 5.50. The van der Waals surface area contributed by atoms with E-state index in [4.69, 9.17) is 26.1 Å². The molecule has 2 aromatic carbocycles. The number of methoxy groups -OCH3 is 2. The first kappa shape index (κ1) is 26.2. The number of fused-ring (bicyclic) bond motifs is 1. The van der Waals surface area contributed by atoms with E-state index in [0.717, 1.165) is 22.4 Å². The molecule has 1 aliphatic heterocycles. The Kier molecular flexibility index (Phi) is 6.74. The van der Waals surface area contributed by atoms with Gasteiger partial charge in [0.2, 0.25) is 5.88 Å².